The predicted molar refractivity (Wildman–Crippen MR) is 487 cm³/mol. The van der Waals surface area contributed by atoms with E-state index in [4.69, 9.17) is 56.8 Å². The third kappa shape index (κ3) is 27.4. The molecule has 24 nitrogen and oxygen atoms in total. The molecule has 0 amide bonds. The van der Waals surface area contributed by atoms with Gasteiger partial charge in [0.05, 0.1) is 148 Å². The van der Waals surface area contributed by atoms with Crippen molar-refractivity contribution < 1.29 is 56.8 Å². The van der Waals surface area contributed by atoms with Crippen molar-refractivity contribution >= 4 is 65.4 Å². The van der Waals surface area contributed by atoms with Gasteiger partial charge in [0, 0.05) is 36.4 Å². The molecule has 6 unspecified atom stereocenters. The molecule has 6 aromatic carbocycles. The van der Waals surface area contributed by atoms with Crippen molar-refractivity contribution in [3.63, 3.8) is 0 Å². The lowest BCUT2D eigenvalue weighted by Gasteiger charge is -2.19. The fourth-order valence-corrected chi connectivity index (χ4v) is 14.5. The van der Waals surface area contributed by atoms with E-state index in [0.717, 1.165) is 154 Å². The number of rotatable bonds is 48. The zero-order valence-corrected chi connectivity index (χ0v) is 75.0. The molecule has 0 fully saturated rings. The molecule has 24 heteroatoms. The Balaban J connectivity index is 1.86. The van der Waals surface area contributed by atoms with E-state index < -0.39 is 33.4 Å². The molecule has 0 aliphatic carbocycles. The number of H-pyrrole nitrogens is 6. The Hall–Kier alpha value is -10.3. The quantitative estimate of drug-likeness (QED) is 0.0206. The van der Waals surface area contributed by atoms with Crippen LogP contribution in [0.5, 0.6) is 69.0 Å². The summed E-state index contributed by atoms with van der Waals surface area (Å²) in [7, 11) is 8.55. The normalized spacial score (nSPS) is 12.8. The molecule has 0 aliphatic rings. The van der Waals surface area contributed by atoms with Crippen molar-refractivity contribution in [1.29, 1.82) is 0 Å². The van der Waals surface area contributed by atoms with E-state index in [0.29, 0.717) is 0 Å². The highest BCUT2D eigenvalue weighted by molar-refractivity contribution is 5.84. The molecule has 7 rings (SSSR count). The van der Waals surface area contributed by atoms with Crippen molar-refractivity contribution in [2.75, 3.05) is 82.3 Å². The summed E-state index contributed by atoms with van der Waals surface area (Å²) in [4.78, 5) is 113. The topological polar surface area (TPSA) is 308 Å². The van der Waals surface area contributed by atoms with Crippen LogP contribution in [0.15, 0.2) is 102 Å². The van der Waals surface area contributed by atoms with Crippen molar-refractivity contribution in [2.45, 2.75) is 237 Å². The first-order valence-electron chi connectivity index (χ1n) is 44.1. The summed E-state index contributed by atoms with van der Waals surface area (Å²) >= 11 is 0. The molecule has 0 saturated heterocycles. The van der Waals surface area contributed by atoms with E-state index >= 15 is 28.8 Å². The molecule has 12 bridgehead atoms. The van der Waals surface area contributed by atoms with Gasteiger partial charge in [0.2, 0.25) is 0 Å². The summed E-state index contributed by atoms with van der Waals surface area (Å²) < 4.78 is 76.6. The van der Waals surface area contributed by atoms with Gasteiger partial charge in [-0.3, -0.25) is 28.8 Å². The Kier molecular flexibility index (Phi) is 41.0. The Bertz CT molecular complexity index is 4400. The lowest BCUT2D eigenvalue weighted by atomic mass is 10.0. The number of methoxy groups -OCH3 is 6. The third-order valence-electron chi connectivity index (χ3n) is 22.9. The van der Waals surface area contributed by atoms with Crippen molar-refractivity contribution in [1.82, 2.24) is 29.9 Å². The van der Waals surface area contributed by atoms with Crippen LogP contribution in [0.4, 0.5) is 0 Å². The highest BCUT2D eigenvalue weighted by Gasteiger charge is 2.23. The van der Waals surface area contributed by atoms with Crippen molar-refractivity contribution in [2.24, 2.45) is 35.5 Å². The van der Waals surface area contributed by atoms with E-state index in [1.54, 1.807) is 18.2 Å². The number of ether oxygens (including phenoxy) is 12. The molecule has 0 spiro atoms. The highest BCUT2D eigenvalue weighted by atomic mass is 16.5. The van der Waals surface area contributed by atoms with Gasteiger partial charge in [-0.1, -0.05) is 199 Å². The maximum atomic E-state index is 15.8. The number of nitrogens with one attached hydrogen (secondary N) is 6. The summed E-state index contributed by atoms with van der Waals surface area (Å²) in [6.45, 7) is 26.7. The van der Waals surface area contributed by atoms with Gasteiger partial charge in [-0.2, -0.15) is 0 Å². The smallest absolute Gasteiger partial charge is 0.259 e. The van der Waals surface area contributed by atoms with E-state index in [1.165, 1.54) is 97.3 Å². The van der Waals surface area contributed by atoms with Crippen LogP contribution in [0.25, 0.3) is 65.4 Å². The number of aromatic amines is 6. The summed E-state index contributed by atoms with van der Waals surface area (Å²) in [6, 6.07) is 18.1. The number of aromatic nitrogens is 6. The molecule has 0 aliphatic heterocycles. The lowest BCUT2D eigenvalue weighted by Crippen LogP contribution is -2.16. The molecule has 0 saturated carbocycles. The number of fused-ring (bicyclic) bond motifs is 12. The highest BCUT2D eigenvalue weighted by Crippen LogP contribution is 2.37. The Labute approximate surface area is 707 Å². The van der Waals surface area contributed by atoms with E-state index in [2.05, 4.69) is 113 Å². The Morgan fingerprint density at radius 2 is 0.350 bits per heavy atom. The number of hydrogen-bond donors (Lipinski definition) is 6. The standard InChI is InChI=1S/C96H138N6O18/c1-19-31-37-61(25-7)55-115-79-49-80(116-56-62(26-8)38-32-20-2)68-43-67(79)91(103)97-73-46-74(86(110-14)52-85(73)109-13)99-93(105)69-44-70(82(118-58-64(28-10)40-34-22-4)50-81(69)117-57-63(27-9)39-33-21-3)95(107)101-77-48-78(90(114-18)54-89(77)113-17)102-96(108)72-45-71(94(106)100-76-47-75(98-92(68)104)87(111-15)53-88(76)112-16)83(119-59-65(29-11)41-35-23-5)51-84(72)120-60-66(30-12)42-36-24-6/h43-54,61-66H,19-42,55-60H2,1-18H3,(H,97,103)(H,98,104)(H,99,105)(H,100,106)(H,101,107)(H,102,108). The second kappa shape index (κ2) is 50.7. The van der Waals surface area contributed by atoms with Gasteiger partial charge in [0.15, 0.2) is 0 Å². The molecule has 6 atom stereocenters. The van der Waals surface area contributed by atoms with Gasteiger partial charge < -0.3 is 86.7 Å². The Morgan fingerprint density at radius 3 is 0.475 bits per heavy atom. The molecule has 6 N–H and O–H groups in total. The third-order valence-corrected chi connectivity index (χ3v) is 22.9. The van der Waals surface area contributed by atoms with Crippen LogP contribution in [0.1, 0.15) is 237 Å². The van der Waals surface area contributed by atoms with Crippen LogP contribution in [-0.4, -0.2) is 112 Å². The zero-order valence-electron chi connectivity index (χ0n) is 75.0. The largest absolute Gasteiger partial charge is 0.494 e. The summed E-state index contributed by atoms with van der Waals surface area (Å²) in [5.41, 5.74) is -4.00. The van der Waals surface area contributed by atoms with Gasteiger partial charge in [-0.05, 0) is 110 Å². The van der Waals surface area contributed by atoms with Gasteiger partial charge in [-0.15, -0.1) is 0 Å². The van der Waals surface area contributed by atoms with Crippen molar-refractivity contribution in [3.05, 3.63) is 135 Å². The molecule has 7 aromatic rings. The summed E-state index contributed by atoms with van der Waals surface area (Å²) in [5, 5.41) is -0.379. The average Bonchev–Trinajstić information content (AvgIpc) is 0.789. The maximum Gasteiger partial charge on any atom is 0.259 e. The van der Waals surface area contributed by atoms with Gasteiger partial charge in [0.25, 0.3) is 33.4 Å². The van der Waals surface area contributed by atoms with Gasteiger partial charge in [0.1, 0.15) is 69.0 Å². The predicted octanol–water partition coefficient (Wildman–Crippen LogP) is 21.4. The fraction of sp³-hybridized carbons (Fsp3) is 0.562. The molecular formula is C96H138N6O18. The first-order valence-corrected chi connectivity index (χ1v) is 44.1. The number of benzene rings is 6. The maximum absolute atomic E-state index is 15.8. The van der Waals surface area contributed by atoms with E-state index in [9.17, 15) is 0 Å². The minimum absolute atomic E-state index is 0.0632. The number of hydrogen-bond acceptors (Lipinski definition) is 18. The molecule has 0 radical (unpaired) electrons. The lowest BCUT2D eigenvalue weighted by molar-refractivity contribution is 0.225. The van der Waals surface area contributed by atoms with E-state index in [1.807, 2.05) is 0 Å². The zero-order chi connectivity index (χ0) is 87.2. The minimum Gasteiger partial charge on any atom is -0.494 e. The van der Waals surface area contributed by atoms with Crippen LogP contribution in [0.3, 0.4) is 0 Å². The minimum atomic E-state index is -0.739. The Morgan fingerprint density at radius 1 is 0.208 bits per heavy atom. The van der Waals surface area contributed by atoms with Crippen LogP contribution in [-0.2, 0) is 0 Å². The van der Waals surface area contributed by atoms with Gasteiger partial charge >= 0.3 is 0 Å². The number of unbranched alkanes of at least 4 members (excludes halogenated alkanes) is 6. The summed E-state index contributed by atoms with van der Waals surface area (Å²) in [5.74, 6) is 2.10. The first-order chi connectivity index (χ1) is 58.1. The molecule has 660 valence electrons. The second-order valence-corrected chi connectivity index (χ2v) is 31.4. The van der Waals surface area contributed by atoms with Crippen LogP contribution in [0.2, 0.25) is 0 Å². The van der Waals surface area contributed by atoms with Crippen LogP contribution in [0, 0.1) is 35.5 Å². The molecule has 120 heavy (non-hydrogen) atoms. The first kappa shape index (κ1) is 96.9. The monoisotopic (exact) mass is 1660 g/mol. The van der Waals surface area contributed by atoms with Gasteiger partial charge in [-0.25, -0.2) is 0 Å². The van der Waals surface area contributed by atoms with Crippen molar-refractivity contribution in [3.8, 4) is 69.0 Å². The van der Waals surface area contributed by atoms with E-state index in [-0.39, 0.29) is 210 Å². The second-order valence-electron chi connectivity index (χ2n) is 31.4. The molecule has 1 aromatic heterocycles. The SMILES string of the molecule is CCCCC(CC)COc1cc(OCC(CC)CCCC)c2cc1c(=O)[nH]c1cc([nH]c(=O)c3cc(c(OCC(CC)CCCC)cc3OCC(CC)CCCC)c(=O)[nH]c3cc([nH]c(=O)c4cc(c(OCC(CC)CCCC)cc4OCC(CC)CCCC)c(=O)[nH]c4cc([nH]c2=O)c(OC)cc4OC)c(OC)cc3OC)c(OC)cc1OC. The van der Waals surface area contributed by atoms with Crippen LogP contribution >= 0.6 is 0 Å². The molecule has 1 heterocycles. The average molecular weight is 1660 g/mol. The molecular weight excluding hydrogens is 1530 g/mol. The van der Waals surface area contributed by atoms with Crippen LogP contribution < -0.4 is 90.2 Å². The fourth-order valence-electron chi connectivity index (χ4n) is 14.5. The summed E-state index contributed by atoms with van der Waals surface area (Å²) in [6.07, 6.45) is 21.4.